The van der Waals surface area contributed by atoms with Crippen LogP contribution in [0, 0.1) is 12.7 Å². The van der Waals surface area contributed by atoms with Crippen LogP contribution in [-0.4, -0.2) is 23.4 Å². The number of ether oxygens (including phenoxy) is 1. The van der Waals surface area contributed by atoms with Gasteiger partial charge in [-0.3, -0.25) is 4.79 Å². The fraction of sp³-hybridized carbons (Fsp3) is 0.250. The molecule has 5 heteroatoms. The van der Waals surface area contributed by atoms with Crippen LogP contribution in [0.15, 0.2) is 72.5 Å². The molecule has 150 valence electrons. The Morgan fingerprint density at radius 2 is 2.00 bits per heavy atom. The maximum Gasteiger partial charge on any atom is 0.336 e. The lowest BCUT2D eigenvalue weighted by Gasteiger charge is -2.35. The highest BCUT2D eigenvalue weighted by Crippen LogP contribution is 2.38. The van der Waals surface area contributed by atoms with Gasteiger partial charge in [0.25, 0.3) is 0 Å². The molecule has 0 radical (unpaired) electrons. The molecule has 2 aromatic carbocycles. The molecule has 1 amide bonds. The van der Waals surface area contributed by atoms with Crippen LogP contribution in [0.2, 0.25) is 0 Å². The number of esters is 1. The van der Waals surface area contributed by atoms with Crippen molar-refractivity contribution < 1.29 is 18.7 Å². The van der Waals surface area contributed by atoms with Gasteiger partial charge in [0.05, 0.1) is 12.1 Å². The van der Waals surface area contributed by atoms with E-state index in [-0.39, 0.29) is 37.2 Å². The van der Waals surface area contributed by atoms with Gasteiger partial charge in [0.15, 0.2) is 0 Å². The van der Waals surface area contributed by atoms with E-state index >= 15 is 0 Å². The monoisotopic (exact) mass is 393 g/mol. The topological polar surface area (TPSA) is 46.6 Å². The third-order valence-corrected chi connectivity index (χ3v) is 5.17. The highest BCUT2D eigenvalue weighted by molar-refractivity contribution is 5.96. The number of benzene rings is 2. The van der Waals surface area contributed by atoms with Crippen molar-refractivity contribution in [3.8, 4) is 0 Å². The van der Waals surface area contributed by atoms with E-state index in [1.165, 1.54) is 23.1 Å². The number of halogens is 1. The first-order valence-electron chi connectivity index (χ1n) is 9.51. The second-order valence-electron chi connectivity index (χ2n) is 7.11. The van der Waals surface area contributed by atoms with Crippen LogP contribution in [0.5, 0.6) is 0 Å². The van der Waals surface area contributed by atoms with Crippen molar-refractivity contribution in [1.82, 2.24) is 4.90 Å². The van der Waals surface area contributed by atoms with E-state index in [9.17, 15) is 14.0 Å². The van der Waals surface area contributed by atoms with E-state index in [0.29, 0.717) is 16.8 Å². The summed E-state index contributed by atoms with van der Waals surface area (Å²) in [5, 5.41) is 0. The minimum atomic E-state index is -0.465. The van der Waals surface area contributed by atoms with Gasteiger partial charge in [-0.2, -0.15) is 0 Å². The number of rotatable bonds is 6. The summed E-state index contributed by atoms with van der Waals surface area (Å²) in [5.74, 6) is -1.32. The van der Waals surface area contributed by atoms with E-state index in [1.807, 2.05) is 31.2 Å². The number of hydrogen-bond donors (Lipinski definition) is 0. The molecule has 0 fully saturated rings. The first-order valence-corrected chi connectivity index (χ1v) is 9.51. The van der Waals surface area contributed by atoms with Gasteiger partial charge in [-0.15, -0.1) is 0 Å². The Morgan fingerprint density at radius 1 is 1.24 bits per heavy atom. The van der Waals surface area contributed by atoms with E-state index in [1.54, 1.807) is 19.1 Å². The number of hydrogen-bond acceptors (Lipinski definition) is 3. The molecule has 2 aromatic rings. The van der Waals surface area contributed by atoms with E-state index in [4.69, 9.17) is 4.74 Å². The fourth-order valence-corrected chi connectivity index (χ4v) is 3.74. The van der Waals surface area contributed by atoms with Gasteiger partial charge in [-0.25, -0.2) is 9.18 Å². The maximum atomic E-state index is 13.6. The van der Waals surface area contributed by atoms with E-state index in [0.717, 1.165) is 11.1 Å². The van der Waals surface area contributed by atoms with Crippen molar-refractivity contribution in [2.45, 2.75) is 32.7 Å². The first kappa shape index (κ1) is 20.5. The highest BCUT2D eigenvalue weighted by atomic mass is 19.1. The molecular formula is C24H24FNO3. The largest absolute Gasteiger partial charge is 0.458 e. The maximum absolute atomic E-state index is 13.6. The van der Waals surface area contributed by atoms with Crippen LogP contribution in [0.3, 0.4) is 0 Å². The Bertz CT molecular complexity index is 980. The van der Waals surface area contributed by atoms with Crippen molar-refractivity contribution in [3.05, 3.63) is 95.0 Å². The van der Waals surface area contributed by atoms with Gasteiger partial charge >= 0.3 is 5.97 Å². The van der Waals surface area contributed by atoms with Crippen LogP contribution in [0.1, 0.15) is 36.0 Å². The first-order chi connectivity index (χ1) is 13.9. The third-order valence-electron chi connectivity index (χ3n) is 5.17. The number of aryl methyl sites for hydroxylation is 1. The Morgan fingerprint density at radius 3 is 2.69 bits per heavy atom. The van der Waals surface area contributed by atoms with Crippen molar-refractivity contribution in [2.75, 3.05) is 6.61 Å². The average Bonchev–Trinajstić information content (AvgIpc) is 2.69. The third kappa shape index (κ3) is 4.45. The normalized spacial score (nSPS) is 16.7. The summed E-state index contributed by atoms with van der Waals surface area (Å²) < 4.78 is 18.9. The van der Waals surface area contributed by atoms with E-state index in [2.05, 4.69) is 6.58 Å². The fourth-order valence-electron chi connectivity index (χ4n) is 3.74. The molecule has 0 N–H and O–H groups in total. The zero-order valence-corrected chi connectivity index (χ0v) is 16.7. The van der Waals surface area contributed by atoms with Gasteiger partial charge < -0.3 is 9.64 Å². The molecule has 1 unspecified atom stereocenters. The highest BCUT2D eigenvalue weighted by Gasteiger charge is 2.37. The smallest absolute Gasteiger partial charge is 0.336 e. The second kappa shape index (κ2) is 8.86. The van der Waals surface area contributed by atoms with Gasteiger partial charge in [-0.1, -0.05) is 49.1 Å². The number of nitrogens with zero attached hydrogens (tertiary/aromatic N) is 1. The molecule has 0 spiro atoms. The molecule has 1 aliphatic heterocycles. The summed E-state index contributed by atoms with van der Waals surface area (Å²) in [7, 11) is 0. The molecule has 29 heavy (non-hydrogen) atoms. The summed E-state index contributed by atoms with van der Waals surface area (Å²) >= 11 is 0. The molecule has 1 heterocycles. The standard InChI is InChI=1S/C24H24FNO3/c1-4-12-29-24(28)23-17(3)26(15-18-9-7-10-19(25)13-18)22(27)14-21(23)20-11-6-5-8-16(20)2/h4-11,13,21H,1,12,14-15H2,2-3H3. The summed E-state index contributed by atoms with van der Waals surface area (Å²) in [6.45, 7) is 7.57. The van der Waals surface area contributed by atoms with Crippen molar-refractivity contribution in [2.24, 2.45) is 0 Å². The summed E-state index contributed by atoms with van der Waals surface area (Å²) in [4.78, 5) is 27.4. The number of amides is 1. The molecule has 4 nitrogen and oxygen atoms in total. The Hall–Kier alpha value is -3.21. The van der Waals surface area contributed by atoms with Crippen LogP contribution in [0.4, 0.5) is 4.39 Å². The van der Waals surface area contributed by atoms with E-state index < -0.39 is 5.97 Å². The second-order valence-corrected chi connectivity index (χ2v) is 7.11. The molecule has 0 saturated carbocycles. The average molecular weight is 393 g/mol. The number of carbonyl (C=O) groups is 2. The number of carbonyl (C=O) groups excluding carboxylic acids is 2. The van der Waals surface area contributed by atoms with Gasteiger partial charge in [0.1, 0.15) is 12.4 Å². The van der Waals surface area contributed by atoms with Crippen LogP contribution in [-0.2, 0) is 20.9 Å². The number of allylic oxidation sites excluding steroid dienone is 1. The van der Waals surface area contributed by atoms with Gasteiger partial charge in [0, 0.05) is 18.0 Å². The molecule has 1 atom stereocenters. The lowest BCUT2D eigenvalue weighted by molar-refractivity contribution is -0.139. The van der Waals surface area contributed by atoms with Crippen molar-refractivity contribution in [3.63, 3.8) is 0 Å². The molecule has 0 aliphatic carbocycles. The van der Waals surface area contributed by atoms with Crippen LogP contribution in [0.25, 0.3) is 0 Å². The molecule has 0 saturated heterocycles. The Balaban J connectivity index is 2.04. The predicted molar refractivity (Wildman–Crippen MR) is 109 cm³/mol. The lowest BCUT2D eigenvalue weighted by atomic mass is 9.82. The van der Waals surface area contributed by atoms with Crippen LogP contribution >= 0.6 is 0 Å². The SMILES string of the molecule is C=CCOC(=O)C1=C(C)N(Cc2cccc(F)c2)C(=O)CC1c1ccccc1C. The van der Waals surface area contributed by atoms with Gasteiger partial charge in [0.2, 0.25) is 5.91 Å². The lowest BCUT2D eigenvalue weighted by Crippen LogP contribution is -2.38. The summed E-state index contributed by atoms with van der Waals surface area (Å²) in [6.07, 6.45) is 1.66. The predicted octanol–water partition coefficient (Wildman–Crippen LogP) is 4.65. The molecule has 0 bridgehead atoms. The zero-order chi connectivity index (χ0) is 21.0. The molecular weight excluding hydrogens is 369 g/mol. The summed E-state index contributed by atoms with van der Waals surface area (Å²) in [5.41, 5.74) is 3.58. The minimum absolute atomic E-state index is 0.0912. The molecule has 1 aliphatic rings. The zero-order valence-electron chi connectivity index (χ0n) is 16.7. The van der Waals surface area contributed by atoms with Crippen molar-refractivity contribution in [1.29, 1.82) is 0 Å². The minimum Gasteiger partial charge on any atom is -0.458 e. The summed E-state index contributed by atoms with van der Waals surface area (Å²) in [6, 6.07) is 13.8. The van der Waals surface area contributed by atoms with Gasteiger partial charge in [-0.05, 0) is 42.7 Å². The Labute approximate surface area is 170 Å². The quantitative estimate of drug-likeness (QED) is 0.530. The molecule has 0 aromatic heterocycles. The molecule has 3 rings (SSSR count). The van der Waals surface area contributed by atoms with Crippen molar-refractivity contribution >= 4 is 11.9 Å². The Kier molecular flexibility index (Phi) is 6.27. The van der Waals surface area contributed by atoms with Crippen LogP contribution < -0.4 is 0 Å².